The highest BCUT2D eigenvalue weighted by atomic mass is 35.5. The zero-order valence-electron chi connectivity index (χ0n) is 14.3. The van der Waals surface area contributed by atoms with Crippen LogP contribution in [-0.2, 0) is 13.0 Å². The Balaban J connectivity index is 1.59. The molecule has 0 atom stereocenters. The van der Waals surface area contributed by atoms with Crippen LogP contribution in [0.2, 0.25) is 5.02 Å². The van der Waals surface area contributed by atoms with Gasteiger partial charge in [-0.15, -0.1) is 0 Å². The Bertz CT molecular complexity index is 817. The van der Waals surface area contributed by atoms with E-state index in [4.69, 9.17) is 16.3 Å². The molecule has 3 aromatic carbocycles. The highest BCUT2D eigenvalue weighted by Crippen LogP contribution is 2.23. The molecule has 0 unspecified atom stereocenters. The van der Waals surface area contributed by atoms with Gasteiger partial charge in [0.05, 0.1) is 6.61 Å². The molecule has 0 saturated heterocycles. The number of halogens is 1. The zero-order chi connectivity index (χ0) is 17.5. The van der Waals surface area contributed by atoms with Crippen molar-refractivity contribution in [2.24, 2.45) is 0 Å². The molecule has 0 radical (unpaired) electrons. The molecule has 0 aliphatic carbocycles. The first-order chi connectivity index (χ1) is 12.2. The molecule has 0 spiro atoms. The predicted octanol–water partition coefficient (Wildman–Crippen LogP) is 5.88. The second-order valence-corrected chi connectivity index (χ2v) is 6.42. The molecule has 0 aromatic heterocycles. The van der Waals surface area contributed by atoms with Crippen LogP contribution in [0.5, 0.6) is 5.75 Å². The Hall–Kier alpha value is -2.45. The summed E-state index contributed by atoms with van der Waals surface area (Å²) in [5.74, 6) is 0.920. The zero-order valence-corrected chi connectivity index (χ0v) is 15.1. The highest BCUT2D eigenvalue weighted by Gasteiger charge is 2.04. The summed E-state index contributed by atoms with van der Waals surface area (Å²) in [4.78, 5) is 0. The summed E-state index contributed by atoms with van der Waals surface area (Å²) in [5, 5.41) is 4.19. The van der Waals surface area contributed by atoms with Gasteiger partial charge in [-0.3, -0.25) is 0 Å². The van der Waals surface area contributed by atoms with Crippen LogP contribution in [0, 0.1) is 6.92 Å². The summed E-state index contributed by atoms with van der Waals surface area (Å²) in [5.41, 5.74) is 4.51. The molecule has 128 valence electrons. The number of nitrogens with one attached hydrogen (secondary N) is 1. The van der Waals surface area contributed by atoms with Crippen molar-refractivity contribution in [3.8, 4) is 5.75 Å². The fourth-order valence-corrected chi connectivity index (χ4v) is 2.79. The van der Waals surface area contributed by atoms with Crippen molar-refractivity contribution in [2.75, 3.05) is 11.9 Å². The third-order valence-corrected chi connectivity index (χ3v) is 4.53. The molecule has 0 aliphatic rings. The van der Waals surface area contributed by atoms with E-state index in [2.05, 4.69) is 35.6 Å². The average Bonchev–Trinajstić information content (AvgIpc) is 2.64. The fourth-order valence-electron chi connectivity index (χ4n) is 2.61. The minimum atomic E-state index is 0.664. The molecule has 2 nitrogen and oxygen atoms in total. The van der Waals surface area contributed by atoms with Gasteiger partial charge in [0.1, 0.15) is 5.75 Å². The smallest absolute Gasteiger partial charge is 0.124 e. The maximum atomic E-state index is 6.19. The first-order valence-corrected chi connectivity index (χ1v) is 8.85. The normalized spacial score (nSPS) is 10.5. The van der Waals surface area contributed by atoms with Gasteiger partial charge in [0, 0.05) is 29.2 Å². The maximum absolute atomic E-state index is 6.19. The molecule has 0 saturated carbocycles. The SMILES string of the molecule is Cc1ccc(NCc2ccccc2OCCc2ccccc2)cc1Cl. The van der Waals surface area contributed by atoms with Crippen LogP contribution in [0.25, 0.3) is 0 Å². The lowest BCUT2D eigenvalue weighted by atomic mass is 10.1. The van der Waals surface area contributed by atoms with Crippen LogP contribution in [0.1, 0.15) is 16.7 Å². The van der Waals surface area contributed by atoms with E-state index in [0.29, 0.717) is 13.2 Å². The lowest BCUT2D eigenvalue weighted by Gasteiger charge is -2.13. The molecular formula is C22H22ClNO. The summed E-state index contributed by atoms with van der Waals surface area (Å²) >= 11 is 6.19. The molecule has 0 heterocycles. The van der Waals surface area contributed by atoms with Gasteiger partial charge >= 0.3 is 0 Å². The van der Waals surface area contributed by atoms with E-state index in [-0.39, 0.29) is 0 Å². The minimum Gasteiger partial charge on any atom is -0.493 e. The lowest BCUT2D eigenvalue weighted by Crippen LogP contribution is -2.06. The molecule has 3 rings (SSSR count). The molecule has 0 fully saturated rings. The Kier molecular flexibility index (Phi) is 5.97. The predicted molar refractivity (Wildman–Crippen MR) is 106 cm³/mol. The third-order valence-electron chi connectivity index (χ3n) is 4.12. The minimum absolute atomic E-state index is 0.664. The molecule has 0 amide bonds. The van der Waals surface area contributed by atoms with Gasteiger partial charge in [0.2, 0.25) is 0 Å². The lowest BCUT2D eigenvalue weighted by molar-refractivity contribution is 0.319. The second kappa shape index (κ2) is 8.59. The van der Waals surface area contributed by atoms with E-state index in [1.807, 2.05) is 49.4 Å². The third kappa shape index (κ3) is 5.01. The number of hydrogen-bond acceptors (Lipinski definition) is 2. The average molecular weight is 352 g/mol. The molecule has 1 N–H and O–H groups in total. The Morgan fingerprint density at radius 2 is 1.68 bits per heavy atom. The van der Waals surface area contributed by atoms with Crippen LogP contribution < -0.4 is 10.1 Å². The van der Waals surface area contributed by atoms with Gasteiger partial charge in [-0.2, -0.15) is 0 Å². The first kappa shape index (κ1) is 17.4. The molecule has 0 bridgehead atoms. The van der Waals surface area contributed by atoms with Gasteiger partial charge in [-0.25, -0.2) is 0 Å². The Morgan fingerprint density at radius 1 is 0.920 bits per heavy atom. The van der Waals surface area contributed by atoms with E-state index in [1.165, 1.54) is 5.56 Å². The van der Waals surface area contributed by atoms with Gasteiger partial charge in [-0.05, 0) is 36.2 Å². The van der Waals surface area contributed by atoms with Gasteiger partial charge in [-0.1, -0.05) is 66.2 Å². The number of ether oxygens (including phenoxy) is 1. The molecule has 3 heteroatoms. The summed E-state index contributed by atoms with van der Waals surface area (Å²) in [6.45, 7) is 3.36. The Morgan fingerprint density at radius 3 is 2.48 bits per heavy atom. The van der Waals surface area contributed by atoms with E-state index in [1.54, 1.807) is 0 Å². The van der Waals surface area contributed by atoms with Crippen LogP contribution in [-0.4, -0.2) is 6.61 Å². The monoisotopic (exact) mass is 351 g/mol. The standard InChI is InChI=1S/C22H22ClNO/c1-17-11-12-20(15-21(17)23)24-16-19-9-5-6-10-22(19)25-14-13-18-7-3-2-4-8-18/h2-12,15,24H,13-14,16H2,1H3. The highest BCUT2D eigenvalue weighted by molar-refractivity contribution is 6.31. The maximum Gasteiger partial charge on any atom is 0.124 e. The number of aryl methyl sites for hydroxylation is 1. The van der Waals surface area contributed by atoms with Gasteiger partial charge < -0.3 is 10.1 Å². The number of anilines is 1. The number of para-hydroxylation sites is 1. The van der Waals surface area contributed by atoms with Crippen LogP contribution in [0.15, 0.2) is 72.8 Å². The van der Waals surface area contributed by atoms with Crippen molar-refractivity contribution in [1.82, 2.24) is 0 Å². The fraction of sp³-hybridized carbons (Fsp3) is 0.182. The van der Waals surface area contributed by atoms with Crippen molar-refractivity contribution in [3.63, 3.8) is 0 Å². The Labute approximate surface area is 154 Å². The van der Waals surface area contributed by atoms with Crippen molar-refractivity contribution >= 4 is 17.3 Å². The van der Waals surface area contributed by atoms with Crippen molar-refractivity contribution in [3.05, 3.63) is 94.5 Å². The van der Waals surface area contributed by atoms with Crippen molar-refractivity contribution < 1.29 is 4.74 Å². The van der Waals surface area contributed by atoms with E-state index < -0.39 is 0 Å². The summed E-state index contributed by atoms with van der Waals surface area (Å²) < 4.78 is 6.01. The van der Waals surface area contributed by atoms with Crippen molar-refractivity contribution in [1.29, 1.82) is 0 Å². The summed E-state index contributed by atoms with van der Waals surface area (Å²) in [6, 6.07) is 24.5. The molecule has 0 aliphatic heterocycles. The second-order valence-electron chi connectivity index (χ2n) is 6.01. The van der Waals surface area contributed by atoms with Crippen molar-refractivity contribution in [2.45, 2.75) is 19.9 Å². The largest absolute Gasteiger partial charge is 0.493 e. The number of benzene rings is 3. The van der Waals surface area contributed by atoms with Crippen LogP contribution in [0.4, 0.5) is 5.69 Å². The van der Waals surface area contributed by atoms with Gasteiger partial charge in [0.25, 0.3) is 0 Å². The van der Waals surface area contributed by atoms with Crippen LogP contribution >= 0.6 is 11.6 Å². The number of rotatable bonds is 7. The van der Waals surface area contributed by atoms with Gasteiger partial charge in [0.15, 0.2) is 0 Å². The topological polar surface area (TPSA) is 21.3 Å². The molecule has 3 aromatic rings. The van der Waals surface area contributed by atoms with E-state index in [9.17, 15) is 0 Å². The summed E-state index contributed by atoms with van der Waals surface area (Å²) in [7, 11) is 0. The molecular weight excluding hydrogens is 330 g/mol. The van der Waals surface area contributed by atoms with E-state index in [0.717, 1.165) is 34.0 Å². The van der Waals surface area contributed by atoms with E-state index >= 15 is 0 Å². The molecule has 25 heavy (non-hydrogen) atoms. The first-order valence-electron chi connectivity index (χ1n) is 8.47. The number of hydrogen-bond donors (Lipinski definition) is 1. The van der Waals surface area contributed by atoms with Crippen LogP contribution in [0.3, 0.4) is 0 Å². The summed E-state index contributed by atoms with van der Waals surface area (Å²) in [6.07, 6.45) is 0.899. The quantitative estimate of drug-likeness (QED) is 0.573.